The van der Waals surface area contributed by atoms with Crippen molar-refractivity contribution in [3.05, 3.63) is 35.9 Å². The van der Waals surface area contributed by atoms with E-state index in [1.165, 1.54) is 0 Å². The number of rotatable bonds is 6. The molecule has 0 aliphatic rings. The maximum atomic E-state index is 11.5. The van der Waals surface area contributed by atoms with Crippen LogP contribution in [0.3, 0.4) is 0 Å². The van der Waals surface area contributed by atoms with Crippen LogP contribution < -0.4 is 0 Å². The number of carbonyl (C=O) groups is 1. The third kappa shape index (κ3) is 3.18. The lowest BCUT2D eigenvalue weighted by molar-refractivity contribution is -0.113. The van der Waals surface area contributed by atoms with Gasteiger partial charge in [-0.25, -0.2) is 0 Å². The zero-order valence-electron chi connectivity index (χ0n) is 11.7. The number of benzene rings is 1. The highest BCUT2D eigenvalue weighted by Gasteiger charge is 2.32. The van der Waals surface area contributed by atoms with Crippen LogP contribution in [0.1, 0.15) is 26.3 Å². The molecule has 0 aliphatic heterocycles. The van der Waals surface area contributed by atoms with Gasteiger partial charge in [0.05, 0.1) is 12.0 Å². The first-order valence-corrected chi connectivity index (χ1v) is 6.20. The number of carbonyl (C=O) groups excluding carboxylic acids is 1. The Labute approximate surface area is 109 Å². The fraction of sp³-hybridized carbons (Fsp3) is 0.533. The van der Waals surface area contributed by atoms with Gasteiger partial charge in [0.1, 0.15) is 6.29 Å². The van der Waals surface area contributed by atoms with Crippen LogP contribution in [0.25, 0.3) is 0 Å². The van der Waals surface area contributed by atoms with Gasteiger partial charge in [-0.1, -0.05) is 30.3 Å². The Bertz CT molecular complexity index is 389. The predicted octanol–water partition coefficient (Wildman–Crippen LogP) is 1.85. The van der Waals surface area contributed by atoms with E-state index < -0.39 is 5.41 Å². The molecule has 0 bridgehead atoms. The van der Waals surface area contributed by atoms with Crippen molar-refractivity contribution >= 4 is 6.29 Å². The number of aliphatic hydroxyl groups excluding tert-OH is 1. The summed E-state index contributed by atoms with van der Waals surface area (Å²) >= 11 is 0. The zero-order chi connectivity index (χ0) is 13.8. The van der Waals surface area contributed by atoms with Crippen LogP contribution in [-0.4, -0.2) is 42.0 Å². The first kappa shape index (κ1) is 14.9. The summed E-state index contributed by atoms with van der Waals surface area (Å²) in [7, 11) is 1.93. The summed E-state index contributed by atoms with van der Waals surface area (Å²) in [5.41, 5.74) is 0.113. The molecule has 0 saturated carbocycles. The van der Waals surface area contributed by atoms with E-state index in [2.05, 4.69) is 0 Å². The van der Waals surface area contributed by atoms with Gasteiger partial charge in [-0.2, -0.15) is 0 Å². The van der Waals surface area contributed by atoms with Gasteiger partial charge >= 0.3 is 0 Å². The van der Waals surface area contributed by atoms with E-state index in [1.807, 2.05) is 63.1 Å². The summed E-state index contributed by atoms with van der Waals surface area (Å²) in [5, 5.41) is 9.37. The van der Waals surface area contributed by atoms with Crippen LogP contribution in [0.4, 0.5) is 0 Å². The Morgan fingerprint density at radius 2 is 1.78 bits per heavy atom. The van der Waals surface area contributed by atoms with E-state index in [0.717, 1.165) is 11.8 Å². The van der Waals surface area contributed by atoms with Gasteiger partial charge < -0.3 is 9.90 Å². The molecular weight excluding hydrogens is 226 g/mol. The molecule has 1 rings (SSSR count). The average Bonchev–Trinajstić information content (AvgIpc) is 2.39. The third-order valence-corrected chi connectivity index (χ3v) is 3.68. The predicted molar refractivity (Wildman–Crippen MR) is 73.7 cm³/mol. The molecule has 0 radical (unpaired) electrons. The van der Waals surface area contributed by atoms with Crippen LogP contribution >= 0.6 is 0 Å². The molecular formula is C15H23NO2. The van der Waals surface area contributed by atoms with Crippen molar-refractivity contribution in [2.75, 3.05) is 20.2 Å². The fourth-order valence-electron chi connectivity index (χ4n) is 1.84. The second kappa shape index (κ2) is 5.63. The second-order valence-corrected chi connectivity index (χ2v) is 5.73. The summed E-state index contributed by atoms with van der Waals surface area (Å²) in [6.45, 7) is 6.49. The largest absolute Gasteiger partial charge is 0.394 e. The lowest BCUT2D eigenvalue weighted by Gasteiger charge is -2.39. The minimum Gasteiger partial charge on any atom is -0.394 e. The number of hydrogen-bond acceptors (Lipinski definition) is 3. The first-order valence-electron chi connectivity index (χ1n) is 6.20. The topological polar surface area (TPSA) is 40.5 Å². The molecule has 100 valence electrons. The minimum atomic E-state index is -0.553. The maximum absolute atomic E-state index is 11.5. The molecule has 1 aromatic carbocycles. The maximum Gasteiger partial charge on any atom is 0.131 e. The summed E-state index contributed by atoms with van der Waals surface area (Å²) in [6.07, 6.45) is 0.992. The summed E-state index contributed by atoms with van der Waals surface area (Å²) in [6, 6.07) is 9.75. The zero-order valence-corrected chi connectivity index (χ0v) is 11.7. The lowest BCUT2D eigenvalue weighted by atomic mass is 9.82. The molecule has 0 heterocycles. The molecule has 18 heavy (non-hydrogen) atoms. The van der Waals surface area contributed by atoms with Gasteiger partial charge in [-0.3, -0.25) is 4.90 Å². The highest BCUT2D eigenvalue weighted by atomic mass is 16.3. The van der Waals surface area contributed by atoms with Crippen molar-refractivity contribution in [3.63, 3.8) is 0 Å². The van der Waals surface area contributed by atoms with Gasteiger partial charge in [0, 0.05) is 12.1 Å². The van der Waals surface area contributed by atoms with Crippen molar-refractivity contribution in [1.29, 1.82) is 0 Å². The highest BCUT2D eigenvalue weighted by Crippen LogP contribution is 2.25. The van der Waals surface area contributed by atoms with Crippen LogP contribution in [0.2, 0.25) is 0 Å². The van der Waals surface area contributed by atoms with Crippen LogP contribution in [-0.2, 0) is 10.2 Å². The Kier molecular flexibility index (Phi) is 4.65. The molecule has 0 saturated heterocycles. The van der Waals surface area contributed by atoms with E-state index in [0.29, 0.717) is 6.54 Å². The Morgan fingerprint density at radius 1 is 1.22 bits per heavy atom. The molecule has 1 unspecified atom stereocenters. The Balaban J connectivity index is 2.94. The molecule has 3 heteroatoms. The van der Waals surface area contributed by atoms with E-state index in [9.17, 15) is 9.90 Å². The summed E-state index contributed by atoms with van der Waals surface area (Å²) in [4.78, 5) is 13.5. The van der Waals surface area contributed by atoms with Crippen molar-refractivity contribution < 1.29 is 9.90 Å². The summed E-state index contributed by atoms with van der Waals surface area (Å²) in [5.74, 6) is 0. The summed E-state index contributed by atoms with van der Waals surface area (Å²) < 4.78 is 0. The van der Waals surface area contributed by atoms with Crippen molar-refractivity contribution in [2.45, 2.75) is 31.7 Å². The van der Waals surface area contributed by atoms with E-state index >= 15 is 0 Å². The van der Waals surface area contributed by atoms with Crippen molar-refractivity contribution in [2.24, 2.45) is 0 Å². The fourth-order valence-corrected chi connectivity index (χ4v) is 1.84. The molecule has 0 aromatic heterocycles. The van der Waals surface area contributed by atoms with Crippen LogP contribution in [0.15, 0.2) is 30.3 Å². The van der Waals surface area contributed by atoms with E-state index in [1.54, 1.807) is 0 Å². The monoisotopic (exact) mass is 249 g/mol. The smallest absolute Gasteiger partial charge is 0.131 e. The van der Waals surface area contributed by atoms with Gasteiger partial charge in [0.2, 0.25) is 0 Å². The molecule has 1 atom stereocenters. The first-order chi connectivity index (χ1) is 8.35. The van der Waals surface area contributed by atoms with Crippen molar-refractivity contribution in [1.82, 2.24) is 4.90 Å². The van der Waals surface area contributed by atoms with Crippen molar-refractivity contribution in [3.8, 4) is 0 Å². The van der Waals surface area contributed by atoms with Gasteiger partial charge in [-0.05, 0) is 33.4 Å². The van der Waals surface area contributed by atoms with Gasteiger partial charge in [-0.15, -0.1) is 0 Å². The number of aliphatic hydroxyl groups is 1. The van der Waals surface area contributed by atoms with Crippen LogP contribution in [0.5, 0.6) is 0 Å². The number of nitrogens with zero attached hydrogens (tertiary/aromatic N) is 1. The molecule has 3 nitrogen and oxygen atoms in total. The second-order valence-electron chi connectivity index (χ2n) is 5.73. The molecule has 0 fully saturated rings. The molecule has 0 aliphatic carbocycles. The SMILES string of the molecule is CN(CC(C)(C=O)c1ccccc1)C(C)(C)CO. The van der Waals surface area contributed by atoms with Gasteiger partial charge in [0.25, 0.3) is 0 Å². The lowest BCUT2D eigenvalue weighted by Crippen LogP contribution is -2.50. The van der Waals surface area contributed by atoms with E-state index in [-0.39, 0.29) is 12.1 Å². The van der Waals surface area contributed by atoms with E-state index in [4.69, 9.17) is 0 Å². The minimum absolute atomic E-state index is 0.0627. The number of aldehydes is 1. The molecule has 0 amide bonds. The van der Waals surface area contributed by atoms with Crippen LogP contribution in [0, 0.1) is 0 Å². The third-order valence-electron chi connectivity index (χ3n) is 3.68. The number of likely N-dealkylation sites (N-methyl/N-ethyl adjacent to an activating group) is 1. The Hall–Kier alpha value is -1.19. The van der Waals surface area contributed by atoms with Gasteiger partial charge in [0.15, 0.2) is 0 Å². The molecule has 0 spiro atoms. The highest BCUT2D eigenvalue weighted by molar-refractivity contribution is 5.68. The number of hydrogen-bond donors (Lipinski definition) is 1. The normalized spacial score (nSPS) is 15.4. The average molecular weight is 249 g/mol. The standard InChI is InChI=1S/C15H23NO2/c1-14(2,11-17)16(4)10-15(3,12-18)13-8-6-5-7-9-13/h5-9,12,17H,10-11H2,1-4H3. The molecule has 1 aromatic rings. The quantitative estimate of drug-likeness (QED) is 0.782. The molecule has 1 N–H and O–H groups in total. The Morgan fingerprint density at radius 3 is 2.22 bits per heavy atom.